The van der Waals surface area contributed by atoms with E-state index in [0.29, 0.717) is 39.5 Å². The molecule has 0 unspecified atom stereocenters. The van der Waals surface area contributed by atoms with E-state index in [1.54, 1.807) is 16.9 Å². The van der Waals surface area contributed by atoms with Crippen LogP contribution in [0.1, 0.15) is 25.5 Å². The minimum absolute atomic E-state index is 0.0358. The number of benzene rings is 2. The first-order valence-corrected chi connectivity index (χ1v) is 11.7. The number of nitrogens with zero attached hydrogens (tertiary/aromatic N) is 5. The highest BCUT2D eigenvalue weighted by Crippen LogP contribution is 2.29. The fourth-order valence-corrected chi connectivity index (χ4v) is 4.65. The molecule has 3 heterocycles. The van der Waals surface area contributed by atoms with E-state index in [4.69, 9.17) is 16.0 Å². The van der Waals surface area contributed by atoms with Crippen LogP contribution in [0.5, 0.6) is 0 Å². The normalized spacial score (nSPS) is 11.6. The number of rotatable bonds is 7. The van der Waals surface area contributed by atoms with Crippen molar-refractivity contribution in [2.75, 3.05) is 0 Å². The van der Waals surface area contributed by atoms with E-state index >= 15 is 0 Å². The number of hydrogen-bond acceptors (Lipinski definition) is 6. The molecule has 3 aromatic heterocycles. The van der Waals surface area contributed by atoms with Crippen molar-refractivity contribution < 1.29 is 4.42 Å². The highest BCUT2D eigenvalue weighted by atomic mass is 35.5. The minimum Gasteiger partial charge on any atom is -0.444 e. The molecule has 9 heteroatoms. The lowest BCUT2D eigenvalue weighted by molar-refractivity contribution is 0.573. The van der Waals surface area contributed by atoms with Gasteiger partial charge in [0.1, 0.15) is 6.26 Å². The Bertz CT molecular complexity index is 1470. The van der Waals surface area contributed by atoms with Gasteiger partial charge in [-0.05, 0) is 30.7 Å². The summed E-state index contributed by atoms with van der Waals surface area (Å²) in [6.45, 7) is 2.71. The van der Waals surface area contributed by atoms with Crippen molar-refractivity contribution in [1.29, 1.82) is 0 Å². The molecule has 32 heavy (non-hydrogen) atoms. The van der Waals surface area contributed by atoms with E-state index in [-0.39, 0.29) is 5.56 Å². The summed E-state index contributed by atoms with van der Waals surface area (Å²) in [5.74, 6) is 1.58. The Labute approximate surface area is 193 Å². The average molecular weight is 466 g/mol. The molecule has 0 N–H and O–H groups in total. The van der Waals surface area contributed by atoms with Crippen LogP contribution in [-0.2, 0) is 12.3 Å². The van der Waals surface area contributed by atoms with E-state index < -0.39 is 0 Å². The van der Waals surface area contributed by atoms with Crippen LogP contribution in [0, 0.1) is 0 Å². The average Bonchev–Trinajstić information content (AvgIpc) is 3.45. The second-order valence-electron chi connectivity index (χ2n) is 7.36. The third-order valence-corrected chi connectivity index (χ3v) is 6.51. The lowest BCUT2D eigenvalue weighted by Gasteiger charge is -2.10. The monoisotopic (exact) mass is 465 g/mol. The number of unbranched alkanes of at least 4 members (excludes halogenated alkanes) is 1. The van der Waals surface area contributed by atoms with E-state index in [2.05, 4.69) is 22.1 Å². The Hall–Kier alpha value is -3.10. The number of halogens is 1. The van der Waals surface area contributed by atoms with Crippen LogP contribution in [0.2, 0.25) is 5.02 Å². The van der Waals surface area contributed by atoms with Crippen LogP contribution in [0.25, 0.3) is 28.1 Å². The van der Waals surface area contributed by atoms with Crippen molar-refractivity contribution in [3.05, 3.63) is 75.9 Å². The van der Waals surface area contributed by atoms with E-state index in [1.807, 2.05) is 46.9 Å². The molecule has 7 nitrogen and oxygen atoms in total. The highest BCUT2D eigenvalue weighted by Gasteiger charge is 2.17. The molecule has 0 amide bonds. The third-order valence-electron chi connectivity index (χ3n) is 5.22. The predicted molar refractivity (Wildman–Crippen MR) is 126 cm³/mol. The molecule has 0 saturated carbocycles. The van der Waals surface area contributed by atoms with Gasteiger partial charge in [0.25, 0.3) is 5.56 Å². The molecular weight excluding hydrogens is 446 g/mol. The first-order valence-electron chi connectivity index (χ1n) is 10.4. The van der Waals surface area contributed by atoms with Crippen LogP contribution in [-0.4, -0.2) is 24.1 Å². The number of para-hydroxylation sites is 1. The van der Waals surface area contributed by atoms with Gasteiger partial charge in [0.05, 0.1) is 27.2 Å². The smallest absolute Gasteiger partial charge is 0.262 e. The Morgan fingerprint density at radius 2 is 1.91 bits per heavy atom. The van der Waals surface area contributed by atoms with Gasteiger partial charge in [0.15, 0.2) is 5.16 Å². The van der Waals surface area contributed by atoms with Crippen LogP contribution in [0.4, 0.5) is 0 Å². The van der Waals surface area contributed by atoms with E-state index in [1.165, 1.54) is 11.8 Å². The maximum Gasteiger partial charge on any atom is 0.262 e. The molecular formula is C23H20ClN5O2S. The zero-order valence-corrected chi connectivity index (χ0v) is 18.9. The van der Waals surface area contributed by atoms with Gasteiger partial charge in [-0.15, -0.1) is 10.2 Å². The van der Waals surface area contributed by atoms with Gasteiger partial charge in [-0.2, -0.15) is 0 Å². The topological polar surface area (TPSA) is 78.2 Å². The zero-order valence-electron chi connectivity index (χ0n) is 17.4. The molecule has 0 spiro atoms. The summed E-state index contributed by atoms with van der Waals surface area (Å²) in [5.41, 5.74) is 2.28. The molecule has 0 aliphatic carbocycles. The first-order chi connectivity index (χ1) is 15.7. The molecule has 0 aliphatic rings. The van der Waals surface area contributed by atoms with Gasteiger partial charge in [0, 0.05) is 12.3 Å². The van der Waals surface area contributed by atoms with Crippen molar-refractivity contribution in [2.24, 2.45) is 0 Å². The molecule has 162 valence electrons. The SMILES string of the molecule is CCCCn1c(=O)c2ccccc2n2c(SCc3coc(-c4ccccc4Cl)n3)nnc12. The molecule has 0 saturated heterocycles. The minimum atomic E-state index is -0.0358. The fraction of sp³-hybridized carbons (Fsp3) is 0.217. The number of aromatic nitrogens is 5. The Morgan fingerprint density at radius 1 is 1.09 bits per heavy atom. The van der Waals surface area contributed by atoms with E-state index in [0.717, 1.165) is 29.6 Å². The standard InChI is InChI=1S/C23H20ClN5O2S/c1-2-3-12-28-21(30)17-9-5-7-11-19(17)29-22(28)26-27-23(29)32-14-15-13-31-20(25-15)16-8-4-6-10-18(16)24/h4-11,13H,2-3,12,14H2,1H3. The van der Waals surface area contributed by atoms with Gasteiger partial charge in [-0.25, -0.2) is 4.98 Å². The molecule has 5 rings (SSSR count). The summed E-state index contributed by atoms with van der Waals surface area (Å²) < 4.78 is 9.31. The summed E-state index contributed by atoms with van der Waals surface area (Å²) in [5, 5.41) is 10.7. The van der Waals surface area contributed by atoms with Crippen molar-refractivity contribution in [3.8, 4) is 11.5 Å². The van der Waals surface area contributed by atoms with Crippen LogP contribution < -0.4 is 5.56 Å². The van der Waals surface area contributed by atoms with Crippen molar-refractivity contribution in [1.82, 2.24) is 24.1 Å². The van der Waals surface area contributed by atoms with Crippen molar-refractivity contribution >= 4 is 40.0 Å². The number of hydrogen-bond donors (Lipinski definition) is 0. The summed E-state index contributed by atoms with van der Waals surface area (Å²) in [4.78, 5) is 17.6. The van der Waals surface area contributed by atoms with Crippen LogP contribution >= 0.6 is 23.4 Å². The maximum atomic E-state index is 13.0. The second-order valence-corrected chi connectivity index (χ2v) is 8.71. The first kappa shape index (κ1) is 20.8. The van der Waals surface area contributed by atoms with Gasteiger partial charge < -0.3 is 4.42 Å². The third kappa shape index (κ3) is 3.69. The number of oxazole rings is 1. The number of aryl methyl sites for hydroxylation is 1. The second kappa shape index (κ2) is 8.80. The molecule has 0 radical (unpaired) electrons. The Balaban J connectivity index is 1.50. The fourth-order valence-electron chi connectivity index (χ4n) is 3.61. The van der Waals surface area contributed by atoms with Crippen molar-refractivity contribution in [2.45, 2.75) is 37.2 Å². The highest BCUT2D eigenvalue weighted by molar-refractivity contribution is 7.98. The molecule has 5 aromatic rings. The zero-order chi connectivity index (χ0) is 22.1. The summed E-state index contributed by atoms with van der Waals surface area (Å²) in [6.07, 6.45) is 3.51. The molecule has 2 aromatic carbocycles. The molecule has 0 bridgehead atoms. The number of thioether (sulfide) groups is 1. The van der Waals surface area contributed by atoms with Crippen molar-refractivity contribution in [3.63, 3.8) is 0 Å². The summed E-state index contributed by atoms with van der Waals surface area (Å²) >= 11 is 7.75. The molecule has 0 aliphatic heterocycles. The summed E-state index contributed by atoms with van der Waals surface area (Å²) in [6, 6.07) is 15.0. The van der Waals surface area contributed by atoms with Crippen LogP contribution in [0.3, 0.4) is 0 Å². The number of fused-ring (bicyclic) bond motifs is 3. The van der Waals surface area contributed by atoms with Gasteiger partial charge in [-0.1, -0.05) is 61.0 Å². The van der Waals surface area contributed by atoms with E-state index in [9.17, 15) is 4.79 Å². The maximum absolute atomic E-state index is 13.0. The largest absolute Gasteiger partial charge is 0.444 e. The van der Waals surface area contributed by atoms with Crippen LogP contribution in [0.15, 0.2) is 69.2 Å². The summed E-state index contributed by atoms with van der Waals surface area (Å²) in [7, 11) is 0. The lowest BCUT2D eigenvalue weighted by atomic mass is 10.2. The molecule has 0 atom stereocenters. The molecule has 0 fully saturated rings. The van der Waals surface area contributed by atoms with Gasteiger partial charge >= 0.3 is 0 Å². The van der Waals surface area contributed by atoms with Gasteiger partial charge in [0.2, 0.25) is 11.7 Å². The van der Waals surface area contributed by atoms with Gasteiger partial charge in [-0.3, -0.25) is 13.8 Å². The quantitative estimate of drug-likeness (QED) is 0.297. The predicted octanol–water partition coefficient (Wildman–Crippen LogP) is 5.45. The lowest BCUT2D eigenvalue weighted by Crippen LogP contribution is -2.23. The Morgan fingerprint density at radius 3 is 2.75 bits per heavy atom. The Kier molecular flexibility index (Phi) is 5.71.